The minimum absolute atomic E-state index is 0.0952. The molecule has 0 unspecified atom stereocenters. The van der Waals surface area contributed by atoms with E-state index in [0.29, 0.717) is 18.8 Å². The number of halogens is 1. The van der Waals surface area contributed by atoms with Crippen molar-refractivity contribution in [1.29, 1.82) is 0 Å². The molecule has 7 nitrogen and oxygen atoms in total. The third-order valence-electron chi connectivity index (χ3n) is 3.81. The van der Waals surface area contributed by atoms with Crippen LogP contribution in [0.4, 0.5) is 10.1 Å². The van der Waals surface area contributed by atoms with E-state index in [1.165, 1.54) is 6.20 Å². The minimum atomic E-state index is -0.617. The van der Waals surface area contributed by atoms with Crippen LogP contribution in [0.5, 0.6) is 0 Å². The molecule has 0 radical (unpaired) electrons. The second kappa shape index (κ2) is 7.06. The number of hydrogen-bond acceptors (Lipinski definition) is 5. The molecule has 128 valence electrons. The van der Waals surface area contributed by atoms with E-state index >= 15 is 0 Å². The summed E-state index contributed by atoms with van der Waals surface area (Å²) >= 11 is 0. The molecule has 0 aromatic carbocycles. The number of anilines is 1. The number of ether oxygens (including phenoxy) is 1. The standard InChI is InChI=1S/C16H20FN5O2/c1-9(2)14-13(17)15(22-21-14)16(23)20-10-3-4-11(19-7-10)12-8-18-5-6-24-12/h3-4,7,9,12,18H,5-6,8H2,1-2H3,(H,20,23)(H,21,22)/t12-/m1/s1. The number of carbonyl (C=O) groups is 1. The van der Waals surface area contributed by atoms with Crippen molar-refractivity contribution in [3.05, 3.63) is 41.2 Å². The van der Waals surface area contributed by atoms with Gasteiger partial charge in [-0.15, -0.1) is 0 Å². The maximum absolute atomic E-state index is 14.1. The van der Waals surface area contributed by atoms with Gasteiger partial charge in [-0.3, -0.25) is 14.9 Å². The number of pyridine rings is 1. The molecule has 1 atom stereocenters. The molecular formula is C16H20FN5O2. The molecule has 1 aliphatic heterocycles. The number of H-pyrrole nitrogens is 1. The van der Waals surface area contributed by atoms with Gasteiger partial charge in [-0.05, 0) is 12.1 Å². The third-order valence-corrected chi connectivity index (χ3v) is 3.81. The van der Waals surface area contributed by atoms with Crippen LogP contribution < -0.4 is 10.6 Å². The molecule has 3 N–H and O–H groups in total. The topological polar surface area (TPSA) is 91.9 Å². The molecule has 1 saturated heterocycles. The average molecular weight is 333 g/mol. The van der Waals surface area contributed by atoms with Gasteiger partial charge in [-0.25, -0.2) is 4.39 Å². The lowest BCUT2D eigenvalue weighted by Gasteiger charge is -2.23. The fourth-order valence-corrected chi connectivity index (χ4v) is 2.49. The van der Waals surface area contributed by atoms with E-state index in [-0.39, 0.29) is 23.4 Å². The lowest BCUT2D eigenvalue weighted by atomic mass is 10.1. The Balaban J connectivity index is 1.68. The van der Waals surface area contributed by atoms with Crippen LogP contribution in [0.1, 0.15) is 47.7 Å². The Labute approximate surface area is 139 Å². The van der Waals surface area contributed by atoms with E-state index in [0.717, 1.165) is 12.2 Å². The van der Waals surface area contributed by atoms with Crippen molar-refractivity contribution in [2.45, 2.75) is 25.9 Å². The van der Waals surface area contributed by atoms with Gasteiger partial charge >= 0.3 is 0 Å². The summed E-state index contributed by atoms with van der Waals surface area (Å²) < 4.78 is 19.8. The first kappa shape index (κ1) is 16.5. The van der Waals surface area contributed by atoms with Gasteiger partial charge < -0.3 is 15.4 Å². The summed E-state index contributed by atoms with van der Waals surface area (Å²) in [5.74, 6) is -1.31. The number of rotatable bonds is 4. The molecule has 1 fully saturated rings. The van der Waals surface area contributed by atoms with Gasteiger partial charge in [0.15, 0.2) is 11.5 Å². The second-order valence-electron chi connectivity index (χ2n) is 5.94. The van der Waals surface area contributed by atoms with E-state index in [1.807, 2.05) is 13.8 Å². The average Bonchev–Trinajstić information content (AvgIpc) is 2.98. The number of aromatic amines is 1. The van der Waals surface area contributed by atoms with Crippen LogP contribution in [-0.2, 0) is 4.74 Å². The number of aromatic nitrogens is 3. The normalized spacial score (nSPS) is 17.9. The summed E-state index contributed by atoms with van der Waals surface area (Å²) in [5, 5.41) is 12.2. The fourth-order valence-electron chi connectivity index (χ4n) is 2.49. The van der Waals surface area contributed by atoms with Crippen molar-refractivity contribution >= 4 is 11.6 Å². The zero-order valence-electron chi connectivity index (χ0n) is 13.6. The Morgan fingerprint density at radius 3 is 2.88 bits per heavy atom. The van der Waals surface area contributed by atoms with Gasteiger partial charge in [0.1, 0.15) is 11.8 Å². The van der Waals surface area contributed by atoms with Gasteiger partial charge in [0, 0.05) is 19.0 Å². The fraction of sp³-hybridized carbons (Fsp3) is 0.438. The molecule has 0 aliphatic carbocycles. The van der Waals surface area contributed by atoms with E-state index in [9.17, 15) is 9.18 Å². The Morgan fingerprint density at radius 1 is 1.46 bits per heavy atom. The van der Waals surface area contributed by atoms with Gasteiger partial charge in [0.05, 0.1) is 24.2 Å². The second-order valence-corrected chi connectivity index (χ2v) is 5.94. The predicted molar refractivity (Wildman–Crippen MR) is 86.4 cm³/mol. The van der Waals surface area contributed by atoms with Gasteiger partial charge in [-0.2, -0.15) is 5.10 Å². The largest absolute Gasteiger partial charge is 0.369 e. The van der Waals surface area contributed by atoms with Crippen molar-refractivity contribution in [3.8, 4) is 0 Å². The third kappa shape index (κ3) is 3.44. The summed E-state index contributed by atoms with van der Waals surface area (Å²) in [4.78, 5) is 16.5. The zero-order valence-corrected chi connectivity index (χ0v) is 13.6. The van der Waals surface area contributed by atoms with Crippen LogP contribution in [0, 0.1) is 5.82 Å². The van der Waals surface area contributed by atoms with Crippen molar-refractivity contribution in [2.75, 3.05) is 25.0 Å². The summed E-state index contributed by atoms with van der Waals surface area (Å²) in [5.41, 5.74) is 1.33. The quantitative estimate of drug-likeness (QED) is 0.796. The summed E-state index contributed by atoms with van der Waals surface area (Å²) in [6, 6.07) is 3.51. The van der Waals surface area contributed by atoms with Crippen molar-refractivity contribution in [3.63, 3.8) is 0 Å². The smallest absolute Gasteiger partial charge is 0.276 e. The molecule has 0 bridgehead atoms. The summed E-state index contributed by atoms with van der Waals surface area (Å²) in [6.07, 6.45) is 1.44. The van der Waals surface area contributed by atoms with Crippen molar-refractivity contribution in [1.82, 2.24) is 20.5 Å². The van der Waals surface area contributed by atoms with E-state index < -0.39 is 11.7 Å². The van der Waals surface area contributed by atoms with E-state index in [4.69, 9.17) is 4.74 Å². The highest BCUT2D eigenvalue weighted by Crippen LogP contribution is 2.20. The summed E-state index contributed by atoms with van der Waals surface area (Å²) in [6.45, 7) is 5.80. The van der Waals surface area contributed by atoms with Crippen LogP contribution >= 0.6 is 0 Å². The van der Waals surface area contributed by atoms with Crippen LogP contribution in [0.2, 0.25) is 0 Å². The van der Waals surface area contributed by atoms with Gasteiger partial charge in [0.25, 0.3) is 5.91 Å². The monoisotopic (exact) mass is 333 g/mol. The molecule has 1 aliphatic rings. The Hall–Kier alpha value is -2.32. The molecular weight excluding hydrogens is 313 g/mol. The highest BCUT2D eigenvalue weighted by atomic mass is 19.1. The number of hydrogen-bond donors (Lipinski definition) is 3. The van der Waals surface area contributed by atoms with E-state index in [1.54, 1.807) is 12.1 Å². The molecule has 3 rings (SSSR count). The number of carbonyl (C=O) groups excluding carboxylic acids is 1. The first-order chi connectivity index (χ1) is 11.6. The van der Waals surface area contributed by atoms with Crippen LogP contribution in [0.15, 0.2) is 18.3 Å². The Morgan fingerprint density at radius 2 is 2.29 bits per heavy atom. The van der Waals surface area contributed by atoms with Crippen LogP contribution in [0.25, 0.3) is 0 Å². The maximum Gasteiger partial charge on any atom is 0.276 e. The highest BCUT2D eigenvalue weighted by molar-refractivity contribution is 6.03. The maximum atomic E-state index is 14.1. The first-order valence-corrected chi connectivity index (χ1v) is 7.89. The number of nitrogens with one attached hydrogen (secondary N) is 3. The zero-order chi connectivity index (χ0) is 17.1. The minimum Gasteiger partial charge on any atom is -0.369 e. The molecule has 0 saturated carbocycles. The molecule has 0 spiro atoms. The molecule has 2 aromatic rings. The summed E-state index contributed by atoms with van der Waals surface area (Å²) in [7, 11) is 0. The van der Waals surface area contributed by atoms with Gasteiger partial charge in [0.2, 0.25) is 0 Å². The highest BCUT2D eigenvalue weighted by Gasteiger charge is 2.21. The number of nitrogens with zero attached hydrogens (tertiary/aromatic N) is 2. The molecule has 3 heterocycles. The molecule has 2 aromatic heterocycles. The predicted octanol–water partition coefficient (Wildman–Crippen LogP) is 1.98. The number of morpholine rings is 1. The molecule has 24 heavy (non-hydrogen) atoms. The van der Waals surface area contributed by atoms with Crippen molar-refractivity contribution < 1.29 is 13.9 Å². The van der Waals surface area contributed by atoms with Gasteiger partial charge in [-0.1, -0.05) is 13.8 Å². The lowest BCUT2D eigenvalue weighted by molar-refractivity contribution is 0.0250. The SMILES string of the molecule is CC(C)c1n[nH]c(C(=O)Nc2ccc([C@H]3CNCCO3)nc2)c1F. The first-order valence-electron chi connectivity index (χ1n) is 7.89. The molecule has 1 amide bonds. The lowest BCUT2D eigenvalue weighted by Crippen LogP contribution is -2.33. The van der Waals surface area contributed by atoms with Crippen LogP contribution in [0.3, 0.4) is 0 Å². The molecule has 8 heteroatoms. The Bertz CT molecular complexity index is 708. The Kier molecular flexibility index (Phi) is 4.86. The van der Waals surface area contributed by atoms with E-state index in [2.05, 4.69) is 25.8 Å². The van der Waals surface area contributed by atoms with Crippen molar-refractivity contribution in [2.24, 2.45) is 0 Å². The van der Waals surface area contributed by atoms with Crippen LogP contribution in [-0.4, -0.2) is 40.8 Å². The number of amides is 1.